The lowest BCUT2D eigenvalue weighted by Crippen LogP contribution is -2.48. The highest BCUT2D eigenvalue weighted by molar-refractivity contribution is 7.99. The fourth-order valence-electron chi connectivity index (χ4n) is 5.24. The number of allylic oxidation sites excluding steroid dienone is 1. The van der Waals surface area contributed by atoms with Gasteiger partial charge in [-0.15, -0.1) is 11.8 Å². The summed E-state index contributed by atoms with van der Waals surface area (Å²) in [5.74, 6) is 0.121. The second-order valence-electron chi connectivity index (χ2n) is 9.89. The number of nitrogens with zero attached hydrogens (tertiary/aromatic N) is 2. The summed E-state index contributed by atoms with van der Waals surface area (Å²) in [7, 11) is 0. The zero-order valence-electron chi connectivity index (χ0n) is 20.9. The largest absolute Gasteiger partial charge is 0.339 e. The summed E-state index contributed by atoms with van der Waals surface area (Å²) in [4.78, 5) is 19.0. The van der Waals surface area contributed by atoms with Gasteiger partial charge >= 0.3 is 0 Å². The SMILES string of the molecule is CC(=C1CCN(C2CCN(C(=O)c3cccc(Cl)c3C)CC2)CC1)c1ccc(SC(C)C)cc1. The van der Waals surface area contributed by atoms with Crippen LogP contribution in [0.3, 0.4) is 0 Å². The minimum Gasteiger partial charge on any atom is -0.339 e. The van der Waals surface area contributed by atoms with Gasteiger partial charge in [0.2, 0.25) is 0 Å². The van der Waals surface area contributed by atoms with Gasteiger partial charge in [-0.1, -0.05) is 49.2 Å². The van der Waals surface area contributed by atoms with Crippen LogP contribution in [0.1, 0.15) is 67.9 Å². The molecule has 0 atom stereocenters. The Morgan fingerprint density at radius 3 is 2.26 bits per heavy atom. The van der Waals surface area contributed by atoms with E-state index in [1.54, 1.807) is 5.57 Å². The molecule has 0 aliphatic carbocycles. The molecule has 2 heterocycles. The van der Waals surface area contributed by atoms with Crippen LogP contribution in [0, 0.1) is 6.92 Å². The molecule has 0 radical (unpaired) electrons. The Bertz CT molecular complexity index is 1030. The van der Waals surface area contributed by atoms with E-state index in [1.165, 1.54) is 16.0 Å². The molecule has 2 aliphatic rings. The fraction of sp³-hybridized carbons (Fsp3) is 0.483. The Morgan fingerprint density at radius 2 is 1.65 bits per heavy atom. The smallest absolute Gasteiger partial charge is 0.254 e. The molecule has 4 rings (SSSR count). The molecule has 0 spiro atoms. The number of amides is 1. The molecule has 0 unspecified atom stereocenters. The van der Waals surface area contributed by atoms with Crippen LogP contribution < -0.4 is 0 Å². The quantitative estimate of drug-likeness (QED) is 0.405. The van der Waals surface area contributed by atoms with E-state index < -0.39 is 0 Å². The summed E-state index contributed by atoms with van der Waals surface area (Å²) in [6.45, 7) is 12.6. The van der Waals surface area contributed by atoms with Crippen LogP contribution in [0.4, 0.5) is 0 Å². The van der Waals surface area contributed by atoms with Crippen LogP contribution >= 0.6 is 23.4 Å². The first kappa shape index (κ1) is 25.3. The third kappa shape index (κ3) is 5.90. The first-order valence-electron chi connectivity index (χ1n) is 12.6. The number of thioether (sulfide) groups is 1. The summed E-state index contributed by atoms with van der Waals surface area (Å²) in [6.07, 6.45) is 4.40. The van der Waals surface area contributed by atoms with Crippen molar-refractivity contribution in [2.24, 2.45) is 0 Å². The summed E-state index contributed by atoms with van der Waals surface area (Å²) in [5.41, 5.74) is 6.04. The monoisotopic (exact) mass is 496 g/mol. The molecule has 34 heavy (non-hydrogen) atoms. The number of piperidine rings is 2. The fourth-order valence-corrected chi connectivity index (χ4v) is 6.25. The van der Waals surface area contributed by atoms with E-state index in [9.17, 15) is 4.79 Å². The van der Waals surface area contributed by atoms with Crippen molar-refractivity contribution in [2.75, 3.05) is 26.2 Å². The lowest BCUT2D eigenvalue weighted by Gasteiger charge is -2.41. The third-order valence-corrected chi connectivity index (χ3v) is 8.78. The summed E-state index contributed by atoms with van der Waals surface area (Å²) >= 11 is 8.16. The van der Waals surface area contributed by atoms with Crippen molar-refractivity contribution in [1.29, 1.82) is 0 Å². The zero-order valence-corrected chi connectivity index (χ0v) is 22.5. The van der Waals surface area contributed by atoms with E-state index in [0.717, 1.165) is 63.0 Å². The van der Waals surface area contributed by atoms with E-state index in [1.807, 2.05) is 41.8 Å². The highest BCUT2D eigenvalue weighted by Crippen LogP contribution is 2.31. The zero-order chi connectivity index (χ0) is 24.2. The van der Waals surface area contributed by atoms with Gasteiger partial charge in [0.25, 0.3) is 5.91 Å². The predicted octanol–water partition coefficient (Wildman–Crippen LogP) is 7.32. The van der Waals surface area contributed by atoms with Crippen molar-refractivity contribution in [3.05, 3.63) is 69.8 Å². The molecule has 5 heteroatoms. The van der Waals surface area contributed by atoms with E-state index in [0.29, 0.717) is 16.3 Å². The number of rotatable bonds is 5. The number of carbonyl (C=O) groups is 1. The average molecular weight is 497 g/mol. The van der Waals surface area contributed by atoms with Crippen molar-refractivity contribution in [1.82, 2.24) is 9.80 Å². The number of likely N-dealkylation sites (tertiary alicyclic amines) is 2. The Balaban J connectivity index is 1.30. The van der Waals surface area contributed by atoms with Crippen LogP contribution in [0.25, 0.3) is 5.57 Å². The molecule has 182 valence electrons. The van der Waals surface area contributed by atoms with Gasteiger partial charge in [-0.25, -0.2) is 0 Å². The Labute approximate surface area is 214 Å². The Morgan fingerprint density at radius 1 is 1.00 bits per heavy atom. The molecule has 1 amide bonds. The molecule has 2 saturated heterocycles. The van der Waals surface area contributed by atoms with Crippen molar-refractivity contribution in [2.45, 2.75) is 69.6 Å². The molecular weight excluding hydrogens is 460 g/mol. The first-order valence-corrected chi connectivity index (χ1v) is 13.8. The van der Waals surface area contributed by atoms with Crippen LogP contribution in [0.2, 0.25) is 5.02 Å². The van der Waals surface area contributed by atoms with Gasteiger partial charge in [0.05, 0.1) is 0 Å². The van der Waals surface area contributed by atoms with Crippen LogP contribution in [-0.4, -0.2) is 53.2 Å². The maximum absolute atomic E-state index is 13.0. The van der Waals surface area contributed by atoms with Crippen molar-refractivity contribution in [3.8, 4) is 0 Å². The average Bonchev–Trinajstić information content (AvgIpc) is 2.85. The number of halogens is 1. The Kier molecular flexibility index (Phi) is 8.44. The highest BCUT2D eigenvalue weighted by Gasteiger charge is 2.29. The number of hydrogen-bond donors (Lipinski definition) is 0. The molecule has 3 nitrogen and oxygen atoms in total. The molecule has 0 saturated carbocycles. The maximum atomic E-state index is 13.0. The lowest BCUT2D eigenvalue weighted by molar-refractivity contribution is 0.0607. The summed E-state index contributed by atoms with van der Waals surface area (Å²) in [6, 6.07) is 15.3. The minimum absolute atomic E-state index is 0.121. The molecule has 0 bridgehead atoms. The second-order valence-corrected chi connectivity index (χ2v) is 11.9. The molecule has 0 aromatic heterocycles. The van der Waals surface area contributed by atoms with E-state index in [-0.39, 0.29) is 5.91 Å². The van der Waals surface area contributed by atoms with E-state index in [2.05, 4.69) is 49.9 Å². The van der Waals surface area contributed by atoms with Gasteiger partial charge < -0.3 is 4.90 Å². The lowest BCUT2D eigenvalue weighted by atomic mass is 9.92. The maximum Gasteiger partial charge on any atom is 0.254 e. The highest BCUT2D eigenvalue weighted by atomic mass is 35.5. The van der Waals surface area contributed by atoms with Gasteiger partial charge in [0.1, 0.15) is 0 Å². The topological polar surface area (TPSA) is 23.6 Å². The van der Waals surface area contributed by atoms with Gasteiger partial charge in [0.15, 0.2) is 0 Å². The van der Waals surface area contributed by atoms with E-state index >= 15 is 0 Å². The van der Waals surface area contributed by atoms with E-state index in [4.69, 9.17) is 11.6 Å². The van der Waals surface area contributed by atoms with Crippen molar-refractivity contribution in [3.63, 3.8) is 0 Å². The normalized spacial score (nSPS) is 17.9. The van der Waals surface area contributed by atoms with Gasteiger partial charge in [-0.05, 0) is 80.5 Å². The predicted molar refractivity (Wildman–Crippen MR) is 146 cm³/mol. The van der Waals surface area contributed by atoms with Gasteiger partial charge in [-0.2, -0.15) is 0 Å². The van der Waals surface area contributed by atoms with Crippen LogP contribution in [-0.2, 0) is 0 Å². The Hall–Kier alpha value is -1.75. The molecule has 2 aliphatic heterocycles. The summed E-state index contributed by atoms with van der Waals surface area (Å²) in [5, 5.41) is 1.28. The van der Waals surface area contributed by atoms with Crippen LogP contribution in [0.15, 0.2) is 52.9 Å². The van der Waals surface area contributed by atoms with Gasteiger partial charge in [-0.3, -0.25) is 9.69 Å². The molecule has 2 aromatic rings. The van der Waals surface area contributed by atoms with Crippen molar-refractivity contribution < 1.29 is 4.79 Å². The van der Waals surface area contributed by atoms with Crippen molar-refractivity contribution >= 4 is 34.8 Å². The molecule has 2 fully saturated rings. The molecule has 2 aromatic carbocycles. The third-order valence-electron chi connectivity index (χ3n) is 7.36. The minimum atomic E-state index is 0.121. The van der Waals surface area contributed by atoms with Gasteiger partial charge in [0, 0.05) is 53.0 Å². The summed E-state index contributed by atoms with van der Waals surface area (Å²) < 4.78 is 0. The molecule has 0 N–H and O–H groups in total. The number of benzene rings is 2. The standard InChI is InChI=1S/C29H37ClN2OS/c1-20(2)34-26-10-8-23(9-11-26)21(3)24-12-16-31(17-13-24)25-14-18-32(19-15-25)29(33)27-6-5-7-28(30)22(27)4/h5-11,20,25H,12-19H2,1-4H3. The first-order chi connectivity index (χ1) is 16.3. The second kappa shape index (κ2) is 11.3. The number of carbonyl (C=O) groups excluding carboxylic acids is 1. The number of hydrogen-bond acceptors (Lipinski definition) is 3. The van der Waals surface area contributed by atoms with Crippen LogP contribution in [0.5, 0.6) is 0 Å². The molecular formula is C29H37ClN2OS.